The van der Waals surface area contributed by atoms with Gasteiger partial charge in [0.25, 0.3) is 10.1 Å². The van der Waals surface area contributed by atoms with E-state index < -0.39 is 36.1 Å². The molecular weight excluding hydrogens is 959 g/mol. The van der Waals surface area contributed by atoms with Crippen LogP contribution in [0.4, 0.5) is 28.1 Å². The maximum atomic E-state index is 12.8. The summed E-state index contributed by atoms with van der Waals surface area (Å²) in [7, 11) is -12.3. The van der Waals surface area contributed by atoms with Crippen LogP contribution >= 0.6 is 0 Å². The van der Waals surface area contributed by atoms with Crippen LogP contribution in [0.2, 0.25) is 0 Å². The molecule has 3 heterocycles. The van der Waals surface area contributed by atoms with E-state index in [-0.39, 0.29) is 69.6 Å². The molecule has 6 aromatic rings. The smallest absolute Gasteiger partial charge is 0.409 e. The van der Waals surface area contributed by atoms with Gasteiger partial charge in [-0.15, -0.1) is 0 Å². The fourth-order valence-corrected chi connectivity index (χ4v) is 9.32. The molecule has 0 bridgehead atoms. The van der Waals surface area contributed by atoms with Crippen LogP contribution in [0, 0.1) is 11.8 Å². The lowest BCUT2D eigenvalue weighted by molar-refractivity contribution is -0.118. The van der Waals surface area contributed by atoms with Crippen molar-refractivity contribution < 1.29 is 57.3 Å². The monoisotopic (exact) mass is 1010 g/mol. The Kier molecular flexibility index (Phi) is 14.3. The average Bonchev–Trinajstić information content (AvgIpc) is 4.25. The maximum Gasteiger partial charge on any atom is 0.409 e. The number of rotatable bonds is 17. The fraction of sp³-hybridized carbons (Fsp3) is 0.341. The first-order valence-electron chi connectivity index (χ1n) is 22.0. The van der Waals surface area contributed by atoms with Crippen LogP contribution < -0.4 is 29.6 Å². The standard InChI is InChI=1S/C25H29N5O6S.C19H20N4O7S2/c1-2-35-25(32)30-13-11-18(12-14-30)26-17-5-8-20(9-6-17)37(33,34)36-19-7-10-21-22(15-19)28-24(27-21)29-23(31)16-3-4-16;24-18(12-1-2-12)23-19-21-16-8-5-14(11-17(16)22-19)30-32(28,29)15-6-3-13(4-7-15)20-9-10-31(25,26)27/h5-10,15-16,18,26H,2-4,11-14H2,1H3,(H2,27,28,29,31);3-8,11-12,20H,1-2,9-10H2,(H,25,26,27)(H2,21,22,23,24). The van der Waals surface area contributed by atoms with Gasteiger partial charge in [0.15, 0.2) is 0 Å². The molecule has 2 aliphatic carbocycles. The summed E-state index contributed by atoms with van der Waals surface area (Å²) < 4.78 is 96.7. The third-order valence-electron chi connectivity index (χ3n) is 11.1. The topological polar surface area (TPSA) is 310 Å². The molecule has 366 valence electrons. The van der Waals surface area contributed by atoms with Gasteiger partial charge < -0.3 is 38.6 Å². The first kappa shape index (κ1) is 48.5. The number of amides is 3. The Bertz CT molecular complexity index is 3180. The Morgan fingerprint density at radius 1 is 0.667 bits per heavy atom. The number of nitrogens with one attached hydrogen (secondary N) is 6. The molecule has 1 aliphatic heterocycles. The number of likely N-dealkylation sites (tertiary alicyclic amines) is 1. The normalized spacial score (nSPS) is 15.4. The Hall–Kier alpha value is -6.96. The summed E-state index contributed by atoms with van der Waals surface area (Å²) in [6.07, 6.45) is 4.74. The molecule has 7 N–H and O–H groups in total. The number of hydrogen-bond donors (Lipinski definition) is 7. The molecule has 9 rings (SSSR count). The van der Waals surface area contributed by atoms with Crippen molar-refractivity contribution in [2.45, 2.75) is 61.3 Å². The second-order valence-electron chi connectivity index (χ2n) is 16.5. The third-order valence-corrected chi connectivity index (χ3v) is 14.3. The molecule has 0 unspecified atom stereocenters. The van der Waals surface area contributed by atoms with Crippen LogP contribution in [0.25, 0.3) is 22.1 Å². The number of ether oxygens (including phenoxy) is 1. The van der Waals surface area contributed by atoms with Crippen molar-refractivity contribution in [3.63, 3.8) is 0 Å². The zero-order valence-electron chi connectivity index (χ0n) is 37.0. The van der Waals surface area contributed by atoms with E-state index in [9.17, 15) is 39.6 Å². The molecule has 4 aromatic carbocycles. The Morgan fingerprint density at radius 2 is 1.13 bits per heavy atom. The zero-order valence-corrected chi connectivity index (χ0v) is 39.5. The average molecular weight is 1010 g/mol. The minimum Gasteiger partial charge on any atom is -0.450 e. The molecule has 69 heavy (non-hydrogen) atoms. The maximum absolute atomic E-state index is 12.8. The Balaban J connectivity index is 0.000000188. The lowest BCUT2D eigenvalue weighted by Gasteiger charge is -2.32. The number of H-pyrrole nitrogens is 2. The summed E-state index contributed by atoms with van der Waals surface area (Å²) >= 11 is 0. The van der Waals surface area contributed by atoms with Crippen molar-refractivity contribution in [2.24, 2.45) is 11.8 Å². The molecule has 0 spiro atoms. The molecule has 0 atom stereocenters. The van der Waals surface area contributed by atoms with Crippen molar-refractivity contribution >= 4 is 93.6 Å². The van der Waals surface area contributed by atoms with Gasteiger partial charge in [-0.3, -0.25) is 24.8 Å². The lowest BCUT2D eigenvalue weighted by Crippen LogP contribution is -2.42. The highest BCUT2D eigenvalue weighted by atomic mass is 32.2. The van der Waals surface area contributed by atoms with E-state index in [4.69, 9.17) is 17.7 Å². The van der Waals surface area contributed by atoms with E-state index in [1.54, 1.807) is 36.1 Å². The first-order chi connectivity index (χ1) is 32.9. The number of aromatic nitrogens is 4. The molecule has 25 heteroatoms. The molecule has 2 saturated carbocycles. The number of aromatic amines is 2. The number of anilines is 4. The third kappa shape index (κ3) is 13.2. The SMILES string of the molecule is CCOC(=O)N1CCC(Nc2ccc(S(=O)(=O)Oc3ccc4nc(NC(=O)C5CC5)[nH]c4c3)cc2)CC1.O=C(Nc1nc2ccc(OS(=O)(=O)c3ccc(NCCS(=O)(=O)O)cc3)cc2[nH]1)C1CC1. The number of nitrogens with zero attached hydrogens (tertiary/aromatic N) is 3. The predicted molar refractivity (Wildman–Crippen MR) is 254 cm³/mol. The number of hydrogen-bond acceptors (Lipinski definition) is 16. The van der Waals surface area contributed by atoms with Gasteiger partial charge in [-0.05, 0) is 118 Å². The van der Waals surface area contributed by atoms with Crippen LogP contribution in [0.5, 0.6) is 11.5 Å². The largest absolute Gasteiger partial charge is 0.450 e. The van der Waals surface area contributed by atoms with Gasteiger partial charge in [0.2, 0.25) is 23.7 Å². The van der Waals surface area contributed by atoms with Gasteiger partial charge in [0.1, 0.15) is 21.3 Å². The minimum absolute atomic E-state index is 0.0246. The number of piperidine rings is 1. The van der Waals surface area contributed by atoms with E-state index in [1.165, 1.54) is 60.7 Å². The summed E-state index contributed by atoms with van der Waals surface area (Å²) in [5.74, 6) is 0.231. The van der Waals surface area contributed by atoms with Crippen LogP contribution in [0.15, 0.2) is 94.7 Å². The molecule has 1 saturated heterocycles. The second kappa shape index (κ2) is 20.3. The quantitative estimate of drug-likeness (QED) is 0.0426. The summed E-state index contributed by atoms with van der Waals surface area (Å²) in [5.41, 5.74) is 3.44. The fourth-order valence-electron chi connectivity index (χ4n) is 7.12. The number of imidazole rings is 2. The molecular formula is C44H49N9O13S3. The van der Waals surface area contributed by atoms with Crippen LogP contribution in [-0.4, -0.2) is 111 Å². The molecule has 22 nitrogen and oxygen atoms in total. The van der Waals surface area contributed by atoms with Gasteiger partial charge >= 0.3 is 26.3 Å². The van der Waals surface area contributed by atoms with E-state index in [2.05, 4.69) is 41.2 Å². The molecule has 2 aromatic heterocycles. The van der Waals surface area contributed by atoms with E-state index in [1.807, 2.05) is 0 Å². The highest BCUT2D eigenvalue weighted by Gasteiger charge is 2.31. The minimum atomic E-state index is -4.13. The van der Waals surface area contributed by atoms with Gasteiger partial charge in [0.05, 0.1) is 34.4 Å². The van der Waals surface area contributed by atoms with E-state index >= 15 is 0 Å². The first-order valence-corrected chi connectivity index (χ1v) is 26.4. The van der Waals surface area contributed by atoms with Gasteiger partial charge in [0, 0.05) is 61.0 Å². The lowest BCUT2D eigenvalue weighted by atomic mass is 10.1. The number of carbonyl (C=O) groups is 3. The number of fused-ring (bicyclic) bond motifs is 2. The van der Waals surface area contributed by atoms with Crippen molar-refractivity contribution in [2.75, 3.05) is 53.3 Å². The summed E-state index contributed by atoms with van der Waals surface area (Å²) in [6.45, 7) is 3.31. The highest BCUT2D eigenvalue weighted by Crippen LogP contribution is 2.32. The van der Waals surface area contributed by atoms with Crippen LogP contribution in [-0.2, 0) is 44.7 Å². The van der Waals surface area contributed by atoms with E-state index in [0.29, 0.717) is 53.4 Å². The van der Waals surface area contributed by atoms with Gasteiger partial charge in [-0.1, -0.05) is 0 Å². The summed E-state index contributed by atoms with van der Waals surface area (Å²) in [4.78, 5) is 51.8. The molecule has 0 radical (unpaired) electrons. The van der Waals surface area contributed by atoms with Crippen molar-refractivity contribution in [1.29, 1.82) is 0 Å². The van der Waals surface area contributed by atoms with Gasteiger partial charge in [-0.25, -0.2) is 14.8 Å². The molecule has 3 fully saturated rings. The van der Waals surface area contributed by atoms with Crippen LogP contribution in [0.3, 0.4) is 0 Å². The van der Waals surface area contributed by atoms with Crippen LogP contribution in [0.1, 0.15) is 45.4 Å². The summed E-state index contributed by atoms with van der Waals surface area (Å²) in [5, 5.41) is 11.6. The predicted octanol–water partition coefficient (Wildman–Crippen LogP) is 5.69. The molecule has 3 amide bonds. The number of carbonyl (C=O) groups excluding carboxylic acids is 3. The number of benzene rings is 4. The zero-order chi connectivity index (χ0) is 48.9. The molecule has 3 aliphatic rings. The second-order valence-corrected chi connectivity index (χ2v) is 21.2. The van der Waals surface area contributed by atoms with E-state index in [0.717, 1.165) is 44.2 Å². The highest BCUT2D eigenvalue weighted by molar-refractivity contribution is 7.87. The van der Waals surface area contributed by atoms with Crippen molar-refractivity contribution in [3.8, 4) is 11.5 Å². The Labute approximate surface area is 396 Å². The van der Waals surface area contributed by atoms with Gasteiger partial charge in [-0.2, -0.15) is 25.3 Å². The van der Waals surface area contributed by atoms with Crippen molar-refractivity contribution in [3.05, 3.63) is 84.9 Å². The Morgan fingerprint density at radius 3 is 1.57 bits per heavy atom. The summed E-state index contributed by atoms with van der Waals surface area (Å²) in [6, 6.07) is 21.3. The van der Waals surface area contributed by atoms with Crippen molar-refractivity contribution in [1.82, 2.24) is 24.8 Å².